The van der Waals surface area contributed by atoms with Crippen LogP contribution in [0.2, 0.25) is 5.02 Å². The summed E-state index contributed by atoms with van der Waals surface area (Å²) in [6.45, 7) is 4.51. The fourth-order valence-corrected chi connectivity index (χ4v) is 2.97. The van der Waals surface area contributed by atoms with Crippen molar-refractivity contribution in [1.29, 1.82) is 0 Å². The molecule has 0 aliphatic rings. The van der Waals surface area contributed by atoms with Gasteiger partial charge in [0.15, 0.2) is 0 Å². The van der Waals surface area contributed by atoms with E-state index >= 15 is 0 Å². The number of hydrogen-bond acceptors (Lipinski definition) is 2. The highest BCUT2D eigenvalue weighted by Crippen LogP contribution is 2.19. The van der Waals surface area contributed by atoms with Crippen molar-refractivity contribution in [2.24, 2.45) is 0 Å². The maximum atomic E-state index is 12.6. The van der Waals surface area contributed by atoms with E-state index in [1.54, 1.807) is 12.3 Å². The number of nitrogens with zero attached hydrogens (tertiary/aromatic N) is 1. The van der Waals surface area contributed by atoms with Crippen LogP contribution in [0.1, 0.15) is 41.3 Å². The van der Waals surface area contributed by atoms with Crippen LogP contribution in [0.15, 0.2) is 71.7 Å². The van der Waals surface area contributed by atoms with Crippen molar-refractivity contribution in [1.82, 2.24) is 4.57 Å². The molecule has 3 aromatic rings. The number of halogens is 1. The minimum atomic E-state index is -0.260. The summed E-state index contributed by atoms with van der Waals surface area (Å²) >= 11 is 6.18. The standard InChI is InChI=1S/C22H21ClN2O2/c1-15(2)16-7-5-8-19(12-16)24-22(27)18-10-11-21(26)25(14-18)13-17-6-3-4-9-20(17)23/h3-12,14-15H,13H2,1-2H3,(H,24,27). The molecule has 0 bridgehead atoms. The number of benzene rings is 2. The Morgan fingerprint density at radius 2 is 1.85 bits per heavy atom. The number of rotatable bonds is 5. The zero-order valence-electron chi connectivity index (χ0n) is 15.3. The van der Waals surface area contributed by atoms with Gasteiger partial charge in [0.05, 0.1) is 12.1 Å². The van der Waals surface area contributed by atoms with Gasteiger partial charge in [-0.2, -0.15) is 0 Å². The van der Waals surface area contributed by atoms with E-state index in [2.05, 4.69) is 19.2 Å². The third kappa shape index (κ3) is 4.66. The number of amides is 1. The van der Waals surface area contributed by atoms with E-state index < -0.39 is 0 Å². The van der Waals surface area contributed by atoms with E-state index in [-0.39, 0.29) is 11.5 Å². The molecule has 0 aliphatic heterocycles. The Balaban J connectivity index is 1.83. The zero-order valence-corrected chi connectivity index (χ0v) is 16.0. The molecular formula is C22H21ClN2O2. The minimum Gasteiger partial charge on any atom is -0.322 e. The average molecular weight is 381 g/mol. The second kappa shape index (κ2) is 8.23. The first-order valence-corrected chi connectivity index (χ1v) is 9.17. The molecule has 0 fully saturated rings. The Labute approximate surface area is 163 Å². The molecule has 4 nitrogen and oxygen atoms in total. The predicted molar refractivity (Wildman–Crippen MR) is 110 cm³/mol. The zero-order chi connectivity index (χ0) is 19.4. The van der Waals surface area contributed by atoms with Crippen molar-refractivity contribution < 1.29 is 4.79 Å². The molecule has 1 amide bonds. The van der Waals surface area contributed by atoms with Crippen LogP contribution < -0.4 is 10.9 Å². The first kappa shape index (κ1) is 18.9. The Hall–Kier alpha value is -2.85. The molecule has 0 unspecified atom stereocenters. The summed E-state index contributed by atoms with van der Waals surface area (Å²) in [6, 6.07) is 18.0. The number of anilines is 1. The Kier molecular flexibility index (Phi) is 5.77. The molecule has 2 aromatic carbocycles. The molecule has 0 aliphatic carbocycles. The lowest BCUT2D eigenvalue weighted by Gasteiger charge is -2.11. The van der Waals surface area contributed by atoms with E-state index in [0.29, 0.717) is 23.0 Å². The molecule has 0 saturated heterocycles. The Morgan fingerprint density at radius 3 is 2.59 bits per heavy atom. The summed E-state index contributed by atoms with van der Waals surface area (Å²) in [5, 5.41) is 3.48. The van der Waals surface area contributed by atoms with Gasteiger partial charge < -0.3 is 9.88 Å². The lowest BCUT2D eigenvalue weighted by Crippen LogP contribution is -2.22. The second-order valence-corrected chi connectivity index (χ2v) is 7.12. The van der Waals surface area contributed by atoms with Crippen LogP contribution in [0.5, 0.6) is 0 Å². The van der Waals surface area contributed by atoms with Gasteiger partial charge in [-0.1, -0.05) is 55.8 Å². The number of aromatic nitrogens is 1. The summed E-state index contributed by atoms with van der Waals surface area (Å²) in [7, 11) is 0. The van der Waals surface area contributed by atoms with Crippen molar-refractivity contribution in [3.63, 3.8) is 0 Å². The van der Waals surface area contributed by atoms with Crippen molar-refractivity contribution in [3.8, 4) is 0 Å². The molecule has 5 heteroatoms. The number of hydrogen-bond donors (Lipinski definition) is 1. The number of nitrogens with one attached hydrogen (secondary N) is 1. The van der Waals surface area contributed by atoms with Gasteiger partial charge in [0.2, 0.25) is 0 Å². The van der Waals surface area contributed by atoms with Crippen LogP contribution in [0.25, 0.3) is 0 Å². The van der Waals surface area contributed by atoms with E-state index in [9.17, 15) is 9.59 Å². The van der Waals surface area contributed by atoms with E-state index in [4.69, 9.17) is 11.6 Å². The van der Waals surface area contributed by atoms with Crippen LogP contribution in [-0.4, -0.2) is 10.5 Å². The lowest BCUT2D eigenvalue weighted by molar-refractivity contribution is 0.102. The molecule has 0 saturated carbocycles. The van der Waals surface area contributed by atoms with Crippen molar-refractivity contribution in [3.05, 3.63) is 98.9 Å². The van der Waals surface area contributed by atoms with Gasteiger partial charge in [0.1, 0.15) is 0 Å². The molecular weight excluding hydrogens is 360 g/mol. The second-order valence-electron chi connectivity index (χ2n) is 6.71. The monoisotopic (exact) mass is 380 g/mol. The summed E-state index contributed by atoms with van der Waals surface area (Å²) in [4.78, 5) is 24.8. The maximum absolute atomic E-state index is 12.6. The normalized spacial score (nSPS) is 10.8. The average Bonchev–Trinajstić information content (AvgIpc) is 2.65. The summed E-state index contributed by atoms with van der Waals surface area (Å²) in [5.74, 6) is 0.114. The smallest absolute Gasteiger partial charge is 0.257 e. The highest BCUT2D eigenvalue weighted by molar-refractivity contribution is 6.31. The van der Waals surface area contributed by atoms with Gasteiger partial charge in [0, 0.05) is 23.0 Å². The fraction of sp³-hybridized carbons (Fsp3) is 0.182. The van der Waals surface area contributed by atoms with Gasteiger partial charge in [-0.05, 0) is 41.3 Å². The first-order chi connectivity index (χ1) is 12.9. The quantitative estimate of drug-likeness (QED) is 0.682. The number of carbonyl (C=O) groups is 1. The van der Waals surface area contributed by atoms with Crippen LogP contribution >= 0.6 is 11.6 Å². The maximum Gasteiger partial charge on any atom is 0.257 e. The molecule has 138 valence electrons. The topological polar surface area (TPSA) is 51.1 Å². The highest BCUT2D eigenvalue weighted by Gasteiger charge is 2.10. The Morgan fingerprint density at radius 1 is 1.07 bits per heavy atom. The molecule has 0 spiro atoms. The van der Waals surface area contributed by atoms with Gasteiger partial charge in [-0.15, -0.1) is 0 Å². The molecule has 1 aromatic heterocycles. The first-order valence-electron chi connectivity index (χ1n) is 8.79. The van der Waals surface area contributed by atoms with E-state index in [1.807, 2.05) is 42.5 Å². The Bertz CT molecular complexity index is 1020. The SMILES string of the molecule is CC(C)c1cccc(NC(=O)c2ccc(=O)n(Cc3ccccc3Cl)c2)c1. The van der Waals surface area contributed by atoms with Gasteiger partial charge in [-0.25, -0.2) is 0 Å². The number of pyridine rings is 1. The lowest BCUT2D eigenvalue weighted by atomic mass is 10.0. The summed E-state index contributed by atoms with van der Waals surface area (Å²) in [5.41, 5.74) is 2.93. The predicted octanol–water partition coefficient (Wildman–Crippen LogP) is 4.93. The molecule has 1 N–H and O–H groups in total. The third-order valence-corrected chi connectivity index (χ3v) is 4.72. The van der Waals surface area contributed by atoms with Crippen LogP contribution in [-0.2, 0) is 6.54 Å². The third-order valence-electron chi connectivity index (χ3n) is 4.36. The van der Waals surface area contributed by atoms with E-state index in [0.717, 1.165) is 16.8 Å². The minimum absolute atomic E-state index is 0.187. The molecule has 1 heterocycles. The van der Waals surface area contributed by atoms with Crippen molar-refractivity contribution in [2.75, 3.05) is 5.32 Å². The van der Waals surface area contributed by atoms with Crippen LogP contribution in [0.4, 0.5) is 5.69 Å². The highest BCUT2D eigenvalue weighted by atomic mass is 35.5. The van der Waals surface area contributed by atoms with Gasteiger partial charge in [-0.3, -0.25) is 9.59 Å². The van der Waals surface area contributed by atoms with Crippen molar-refractivity contribution >= 4 is 23.2 Å². The molecule has 3 rings (SSSR count). The fourth-order valence-electron chi connectivity index (χ4n) is 2.78. The summed E-state index contributed by atoms with van der Waals surface area (Å²) < 4.78 is 1.49. The van der Waals surface area contributed by atoms with Crippen molar-refractivity contribution in [2.45, 2.75) is 26.3 Å². The van der Waals surface area contributed by atoms with Gasteiger partial charge >= 0.3 is 0 Å². The summed E-state index contributed by atoms with van der Waals surface area (Å²) in [6.07, 6.45) is 1.56. The van der Waals surface area contributed by atoms with Gasteiger partial charge in [0.25, 0.3) is 11.5 Å². The largest absolute Gasteiger partial charge is 0.322 e. The van der Waals surface area contributed by atoms with Crippen LogP contribution in [0, 0.1) is 0 Å². The molecule has 27 heavy (non-hydrogen) atoms. The van der Waals surface area contributed by atoms with E-state index in [1.165, 1.54) is 16.7 Å². The molecule has 0 atom stereocenters. The van der Waals surface area contributed by atoms with Crippen LogP contribution in [0.3, 0.4) is 0 Å². The molecule has 0 radical (unpaired) electrons. The number of carbonyl (C=O) groups excluding carboxylic acids is 1.